The van der Waals surface area contributed by atoms with Crippen molar-refractivity contribution in [2.45, 2.75) is 25.5 Å². The standard InChI is InChI=1S/C20H19NO5/c1-20(11-15-5-3-4-6-16(15)18(23)26-20)19(24)21-12-13-7-9-14(10-8-13)17(22)25-2/h3-10H,11-12H2,1-2H3,(H,21,24). The molecule has 134 valence electrons. The monoisotopic (exact) mass is 353 g/mol. The second-order valence-corrected chi connectivity index (χ2v) is 6.33. The molecule has 2 aromatic carbocycles. The molecule has 1 amide bonds. The van der Waals surface area contributed by atoms with E-state index in [0.29, 0.717) is 17.5 Å². The molecule has 6 heteroatoms. The smallest absolute Gasteiger partial charge is 0.339 e. The topological polar surface area (TPSA) is 81.7 Å². The van der Waals surface area contributed by atoms with Crippen LogP contribution in [0.5, 0.6) is 0 Å². The van der Waals surface area contributed by atoms with Crippen molar-refractivity contribution in [3.05, 3.63) is 70.8 Å². The fourth-order valence-electron chi connectivity index (χ4n) is 2.91. The Morgan fingerprint density at radius 1 is 1.15 bits per heavy atom. The van der Waals surface area contributed by atoms with Gasteiger partial charge in [-0.1, -0.05) is 30.3 Å². The van der Waals surface area contributed by atoms with Gasteiger partial charge in [0, 0.05) is 13.0 Å². The van der Waals surface area contributed by atoms with E-state index < -0.39 is 17.5 Å². The lowest BCUT2D eigenvalue weighted by Crippen LogP contribution is -2.51. The van der Waals surface area contributed by atoms with Gasteiger partial charge < -0.3 is 14.8 Å². The number of carbonyl (C=O) groups excluding carboxylic acids is 3. The minimum atomic E-state index is -1.25. The molecule has 0 saturated carbocycles. The van der Waals surface area contributed by atoms with Crippen molar-refractivity contribution in [3.63, 3.8) is 0 Å². The van der Waals surface area contributed by atoms with Crippen LogP contribution in [0.2, 0.25) is 0 Å². The van der Waals surface area contributed by atoms with Crippen molar-refractivity contribution in [2.24, 2.45) is 0 Å². The maximum atomic E-state index is 12.6. The highest BCUT2D eigenvalue weighted by Gasteiger charge is 2.42. The Balaban J connectivity index is 1.67. The summed E-state index contributed by atoms with van der Waals surface area (Å²) in [6.07, 6.45) is 0.321. The summed E-state index contributed by atoms with van der Waals surface area (Å²) in [5.41, 5.74) is 1.29. The Hall–Kier alpha value is -3.15. The summed E-state index contributed by atoms with van der Waals surface area (Å²) in [5.74, 6) is -1.27. The summed E-state index contributed by atoms with van der Waals surface area (Å²) in [5, 5.41) is 2.79. The van der Waals surface area contributed by atoms with E-state index in [1.165, 1.54) is 7.11 Å². The van der Waals surface area contributed by atoms with Crippen molar-refractivity contribution in [1.29, 1.82) is 0 Å². The molecular weight excluding hydrogens is 334 g/mol. The molecule has 2 aromatic rings. The molecule has 6 nitrogen and oxygen atoms in total. The van der Waals surface area contributed by atoms with Crippen LogP contribution in [0.15, 0.2) is 48.5 Å². The number of hydrogen-bond donors (Lipinski definition) is 1. The highest BCUT2D eigenvalue weighted by molar-refractivity contribution is 5.97. The summed E-state index contributed by atoms with van der Waals surface area (Å²) in [6.45, 7) is 1.87. The Morgan fingerprint density at radius 3 is 2.54 bits per heavy atom. The second kappa shape index (κ2) is 7.00. The molecule has 1 aliphatic heterocycles. The number of carbonyl (C=O) groups is 3. The van der Waals surface area contributed by atoms with Crippen LogP contribution >= 0.6 is 0 Å². The Bertz CT molecular complexity index is 859. The average Bonchev–Trinajstić information content (AvgIpc) is 2.65. The Morgan fingerprint density at radius 2 is 1.85 bits per heavy atom. The number of esters is 2. The molecule has 1 unspecified atom stereocenters. The molecule has 1 aliphatic rings. The first-order valence-electron chi connectivity index (χ1n) is 8.20. The summed E-state index contributed by atoms with van der Waals surface area (Å²) < 4.78 is 10.1. The molecule has 1 heterocycles. The van der Waals surface area contributed by atoms with E-state index in [1.54, 1.807) is 43.3 Å². The fraction of sp³-hybridized carbons (Fsp3) is 0.250. The van der Waals surface area contributed by atoms with Gasteiger partial charge in [-0.05, 0) is 36.2 Å². The van der Waals surface area contributed by atoms with E-state index in [0.717, 1.165) is 11.1 Å². The van der Waals surface area contributed by atoms with Crippen molar-refractivity contribution in [1.82, 2.24) is 5.32 Å². The lowest BCUT2D eigenvalue weighted by atomic mass is 9.89. The number of cyclic esters (lactones) is 1. The zero-order chi connectivity index (χ0) is 18.7. The minimum Gasteiger partial charge on any atom is -0.465 e. The Kier molecular flexibility index (Phi) is 4.75. The third kappa shape index (κ3) is 3.44. The zero-order valence-corrected chi connectivity index (χ0v) is 14.6. The highest BCUT2D eigenvalue weighted by Crippen LogP contribution is 2.28. The van der Waals surface area contributed by atoms with Gasteiger partial charge in [-0.3, -0.25) is 4.79 Å². The third-order valence-corrected chi connectivity index (χ3v) is 4.39. The van der Waals surface area contributed by atoms with E-state index in [9.17, 15) is 14.4 Å². The van der Waals surface area contributed by atoms with E-state index in [2.05, 4.69) is 10.1 Å². The van der Waals surface area contributed by atoms with Gasteiger partial charge in [0.05, 0.1) is 18.2 Å². The highest BCUT2D eigenvalue weighted by atomic mass is 16.6. The first-order chi connectivity index (χ1) is 12.4. The van der Waals surface area contributed by atoms with Gasteiger partial charge in [0.25, 0.3) is 5.91 Å². The van der Waals surface area contributed by atoms with Crippen LogP contribution in [0, 0.1) is 0 Å². The maximum absolute atomic E-state index is 12.6. The van der Waals surface area contributed by atoms with Gasteiger partial charge in [-0.25, -0.2) is 9.59 Å². The van der Waals surface area contributed by atoms with Crippen molar-refractivity contribution in [3.8, 4) is 0 Å². The van der Waals surface area contributed by atoms with E-state index in [4.69, 9.17) is 4.74 Å². The third-order valence-electron chi connectivity index (χ3n) is 4.39. The van der Waals surface area contributed by atoms with Crippen molar-refractivity contribution >= 4 is 17.8 Å². The Labute approximate surface area is 151 Å². The molecule has 1 N–H and O–H groups in total. The molecule has 0 aromatic heterocycles. The number of ether oxygens (including phenoxy) is 2. The summed E-state index contributed by atoms with van der Waals surface area (Å²) in [7, 11) is 1.32. The minimum absolute atomic E-state index is 0.259. The fourth-order valence-corrected chi connectivity index (χ4v) is 2.91. The number of hydrogen-bond acceptors (Lipinski definition) is 5. The molecule has 0 radical (unpaired) electrons. The molecule has 0 bridgehead atoms. The molecule has 0 spiro atoms. The van der Waals surface area contributed by atoms with Crippen LogP contribution in [0.25, 0.3) is 0 Å². The number of fused-ring (bicyclic) bond motifs is 1. The van der Waals surface area contributed by atoms with Crippen molar-refractivity contribution in [2.75, 3.05) is 7.11 Å². The lowest BCUT2D eigenvalue weighted by Gasteiger charge is -2.33. The zero-order valence-electron chi connectivity index (χ0n) is 14.6. The first-order valence-corrected chi connectivity index (χ1v) is 8.20. The molecule has 0 fully saturated rings. The molecule has 26 heavy (non-hydrogen) atoms. The van der Waals surface area contributed by atoms with Crippen LogP contribution in [-0.2, 0) is 27.2 Å². The molecular formula is C20H19NO5. The average molecular weight is 353 g/mol. The van der Waals surface area contributed by atoms with E-state index >= 15 is 0 Å². The predicted molar refractivity (Wildman–Crippen MR) is 93.6 cm³/mol. The number of methoxy groups -OCH3 is 1. The second-order valence-electron chi connectivity index (χ2n) is 6.33. The van der Waals surface area contributed by atoms with Gasteiger partial charge in [-0.15, -0.1) is 0 Å². The number of benzene rings is 2. The summed E-state index contributed by atoms with van der Waals surface area (Å²) in [4.78, 5) is 36.2. The lowest BCUT2D eigenvalue weighted by molar-refractivity contribution is -0.139. The van der Waals surface area contributed by atoms with E-state index in [1.807, 2.05) is 12.1 Å². The van der Waals surface area contributed by atoms with Gasteiger partial charge in [-0.2, -0.15) is 0 Å². The molecule has 0 saturated heterocycles. The molecule has 1 atom stereocenters. The van der Waals surface area contributed by atoms with Gasteiger partial charge in [0.1, 0.15) is 0 Å². The first kappa shape index (κ1) is 17.7. The molecule has 0 aliphatic carbocycles. The van der Waals surface area contributed by atoms with Crippen molar-refractivity contribution < 1.29 is 23.9 Å². The van der Waals surface area contributed by atoms with Gasteiger partial charge in [0.2, 0.25) is 0 Å². The molecule has 3 rings (SSSR count). The van der Waals surface area contributed by atoms with Gasteiger partial charge in [0.15, 0.2) is 5.60 Å². The van der Waals surface area contributed by atoms with Crippen LogP contribution in [-0.4, -0.2) is 30.6 Å². The largest absolute Gasteiger partial charge is 0.465 e. The normalized spacial score (nSPS) is 18.5. The summed E-state index contributed by atoms with van der Waals surface area (Å²) in [6, 6.07) is 13.8. The number of amides is 1. The van der Waals surface area contributed by atoms with Crippen LogP contribution in [0.3, 0.4) is 0 Å². The SMILES string of the molecule is COC(=O)c1ccc(CNC(=O)C2(C)Cc3ccccc3C(=O)O2)cc1. The maximum Gasteiger partial charge on any atom is 0.339 e. The van der Waals surface area contributed by atoms with Gasteiger partial charge >= 0.3 is 11.9 Å². The number of nitrogens with one attached hydrogen (secondary N) is 1. The number of rotatable bonds is 4. The van der Waals surface area contributed by atoms with Crippen LogP contribution in [0.1, 0.15) is 38.8 Å². The van der Waals surface area contributed by atoms with Crippen LogP contribution in [0.4, 0.5) is 0 Å². The quantitative estimate of drug-likeness (QED) is 0.853. The van der Waals surface area contributed by atoms with Crippen LogP contribution < -0.4 is 5.32 Å². The van der Waals surface area contributed by atoms with E-state index in [-0.39, 0.29) is 12.5 Å². The summed E-state index contributed by atoms with van der Waals surface area (Å²) >= 11 is 0. The predicted octanol–water partition coefficient (Wildman–Crippen LogP) is 2.26.